The average molecular weight is 357 g/mol. The minimum atomic E-state index is -0.674. The first-order valence-corrected chi connectivity index (χ1v) is 7.49. The Bertz CT molecular complexity index is 860. The summed E-state index contributed by atoms with van der Waals surface area (Å²) < 4.78 is 26.0. The Morgan fingerprint density at radius 3 is 2.54 bits per heavy atom. The van der Waals surface area contributed by atoms with Gasteiger partial charge in [0.25, 0.3) is 0 Å². The van der Waals surface area contributed by atoms with E-state index in [4.69, 9.17) is 23.4 Å². The number of nitrogens with zero attached hydrogens (tertiary/aromatic N) is 3. The number of furan rings is 1. The summed E-state index contributed by atoms with van der Waals surface area (Å²) in [6, 6.07) is 7.98. The van der Waals surface area contributed by atoms with Gasteiger partial charge >= 0.3 is 12.0 Å². The van der Waals surface area contributed by atoms with Crippen molar-refractivity contribution in [1.82, 2.24) is 15.0 Å². The number of ether oxygens (including phenoxy) is 4. The SMILES string of the molecule is COc1cc(OC)nc(Oc2cccnc2C(=O)OCc2ccco2)n1. The molecule has 134 valence electrons. The molecular weight excluding hydrogens is 342 g/mol. The van der Waals surface area contributed by atoms with E-state index in [0.717, 1.165) is 0 Å². The lowest BCUT2D eigenvalue weighted by Crippen LogP contribution is -2.09. The van der Waals surface area contributed by atoms with Gasteiger partial charge in [0.1, 0.15) is 12.4 Å². The van der Waals surface area contributed by atoms with Gasteiger partial charge in [-0.3, -0.25) is 0 Å². The molecule has 0 aliphatic carbocycles. The van der Waals surface area contributed by atoms with Gasteiger partial charge in [0, 0.05) is 6.20 Å². The minimum Gasteiger partial charge on any atom is -0.481 e. The molecule has 3 heterocycles. The molecule has 0 unspecified atom stereocenters. The molecule has 0 aliphatic rings. The molecule has 0 atom stereocenters. The van der Waals surface area contributed by atoms with E-state index in [2.05, 4.69) is 15.0 Å². The number of esters is 1. The molecule has 0 bridgehead atoms. The molecule has 0 aliphatic heterocycles. The van der Waals surface area contributed by atoms with Gasteiger partial charge in [0.05, 0.1) is 26.5 Å². The summed E-state index contributed by atoms with van der Waals surface area (Å²) in [5.74, 6) is 0.465. The number of carbonyl (C=O) groups excluding carboxylic acids is 1. The lowest BCUT2D eigenvalue weighted by Gasteiger charge is -2.10. The van der Waals surface area contributed by atoms with Gasteiger partial charge in [-0.2, -0.15) is 9.97 Å². The van der Waals surface area contributed by atoms with Crippen molar-refractivity contribution in [3.63, 3.8) is 0 Å². The summed E-state index contributed by atoms with van der Waals surface area (Å²) in [6.07, 6.45) is 2.94. The first kappa shape index (κ1) is 17.2. The Morgan fingerprint density at radius 1 is 1.12 bits per heavy atom. The summed E-state index contributed by atoms with van der Waals surface area (Å²) in [7, 11) is 2.90. The molecule has 3 rings (SSSR count). The van der Waals surface area contributed by atoms with Gasteiger partial charge in [0.15, 0.2) is 11.4 Å². The third kappa shape index (κ3) is 4.07. The summed E-state index contributed by atoms with van der Waals surface area (Å²) in [5, 5.41) is 0. The second-order valence-corrected chi connectivity index (χ2v) is 4.84. The van der Waals surface area contributed by atoms with Gasteiger partial charge in [-0.05, 0) is 24.3 Å². The Hall–Kier alpha value is -3.62. The number of carbonyl (C=O) groups is 1. The monoisotopic (exact) mass is 357 g/mol. The van der Waals surface area contributed by atoms with E-state index < -0.39 is 5.97 Å². The van der Waals surface area contributed by atoms with Crippen LogP contribution in [0.1, 0.15) is 16.2 Å². The van der Waals surface area contributed by atoms with Crippen molar-refractivity contribution in [1.29, 1.82) is 0 Å². The number of hydrogen-bond donors (Lipinski definition) is 0. The van der Waals surface area contributed by atoms with Crippen molar-refractivity contribution < 1.29 is 28.2 Å². The van der Waals surface area contributed by atoms with Crippen molar-refractivity contribution in [2.75, 3.05) is 14.2 Å². The number of methoxy groups -OCH3 is 2. The predicted molar refractivity (Wildman–Crippen MR) is 87.3 cm³/mol. The molecular formula is C17H15N3O6. The Kier molecular flexibility index (Phi) is 5.28. The third-order valence-corrected chi connectivity index (χ3v) is 3.17. The van der Waals surface area contributed by atoms with Crippen LogP contribution in [-0.2, 0) is 11.3 Å². The fourth-order valence-corrected chi connectivity index (χ4v) is 1.96. The third-order valence-electron chi connectivity index (χ3n) is 3.17. The van der Waals surface area contributed by atoms with Gasteiger partial charge in [-0.1, -0.05) is 0 Å². The Morgan fingerprint density at radius 2 is 1.88 bits per heavy atom. The topological polar surface area (TPSA) is 106 Å². The molecule has 0 N–H and O–H groups in total. The van der Waals surface area contributed by atoms with Crippen LogP contribution in [0.2, 0.25) is 0 Å². The van der Waals surface area contributed by atoms with Crippen LogP contribution in [0, 0.1) is 0 Å². The fraction of sp³-hybridized carbons (Fsp3) is 0.176. The zero-order chi connectivity index (χ0) is 18.4. The first-order valence-electron chi connectivity index (χ1n) is 7.49. The van der Waals surface area contributed by atoms with E-state index in [1.54, 1.807) is 24.3 Å². The highest BCUT2D eigenvalue weighted by atomic mass is 16.5. The summed E-state index contributed by atoms with van der Waals surface area (Å²) >= 11 is 0. The summed E-state index contributed by atoms with van der Waals surface area (Å²) in [4.78, 5) is 24.4. The van der Waals surface area contributed by atoms with Crippen LogP contribution in [0.25, 0.3) is 0 Å². The molecule has 0 saturated heterocycles. The summed E-state index contributed by atoms with van der Waals surface area (Å²) in [5.41, 5.74) is -0.0237. The van der Waals surface area contributed by atoms with Crippen LogP contribution in [-0.4, -0.2) is 35.1 Å². The van der Waals surface area contributed by atoms with E-state index in [1.807, 2.05) is 0 Å². The first-order chi connectivity index (χ1) is 12.7. The number of pyridine rings is 1. The fourth-order valence-electron chi connectivity index (χ4n) is 1.96. The van der Waals surface area contributed by atoms with Crippen molar-refractivity contribution in [3.05, 3.63) is 54.2 Å². The zero-order valence-corrected chi connectivity index (χ0v) is 14.0. The molecule has 0 aromatic carbocycles. The predicted octanol–water partition coefficient (Wildman–Crippen LogP) is 2.63. The average Bonchev–Trinajstić information content (AvgIpc) is 3.19. The molecule has 3 aromatic rings. The molecule has 0 radical (unpaired) electrons. The zero-order valence-electron chi connectivity index (χ0n) is 14.0. The standard InChI is InChI=1S/C17H15N3O6/c1-22-13-9-14(23-2)20-17(19-13)26-12-6-3-7-18-15(12)16(21)25-10-11-5-4-8-24-11/h3-9H,10H2,1-2H3. The van der Waals surface area contributed by atoms with Gasteiger partial charge < -0.3 is 23.4 Å². The largest absolute Gasteiger partial charge is 0.481 e. The van der Waals surface area contributed by atoms with Crippen LogP contribution in [0.5, 0.6) is 23.5 Å². The molecule has 0 amide bonds. The van der Waals surface area contributed by atoms with Gasteiger partial charge in [-0.15, -0.1) is 0 Å². The van der Waals surface area contributed by atoms with E-state index in [1.165, 1.54) is 32.7 Å². The maximum absolute atomic E-state index is 12.3. The number of rotatable bonds is 7. The lowest BCUT2D eigenvalue weighted by molar-refractivity contribution is 0.0435. The van der Waals surface area contributed by atoms with E-state index in [0.29, 0.717) is 5.76 Å². The normalized spacial score (nSPS) is 10.2. The van der Waals surface area contributed by atoms with Crippen molar-refractivity contribution in [3.8, 4) is 23.5 Å². The smallest absolute Gasteiger partial charge is 0.361 e. The minimum absolute atomic E-state index is 0.0225. The highest BCUT2D eigenvalue weighted by molar-refractivity contribution is 5.90. The summed E-state index contributed by atoms with van der Waals surface area (Å²) in [6.45, 7) is -0.0225. The van der Waals surface area contributed by atoms with Crippen LogP contribution in [0.3, 0.4) is 0 Å². The number of hydrogen-bond acceptors (Lipinski definition) is 9. The molecule has 0 saturated carbocycles. The van der Waals surface area contributed by atoms with Crippen LogP contribution >= 0.6 is 0 Å². The van der Waals surface area contributed by atoms with Crippen molar-refractivity contribution >= 4 is 5.97 Å². The Labute approximate surface area is 148 Å². The van der Waals surface area contributed by atoms with Gasteiger partial charge in [0.2, 0.25) is 11.8 Å². The maximum atomic E-state index is 12.3. The number of aromatic nitrogens is 3. The molecule has 0 fully saturated rings. The molecule has 9 nitrogen and oxygen atoms in total. The lowest BCUT2D eigenvalue weighted by atomic mass is 10.3. The maximum Gasteiger partial charge on any atom is 0.361 e. The molecule has 9 heteroatoms. The van der Waals surface area contributed by atoms with Crippen molar-refractivity contribution in [2.45, 2.75) is 6.61 Å². The quantitative estimate of drug-likeness (QED) is 0.590. The van der Waals surface area contributed by atoms with Crippen LogP contribution < -0.4 is 14.2 Å². The van der Waals surface area contributed by atoms with E-state index in [9.17, 15) is 4.79 Å². The highest BCUT2D eigenvalue weighted by Gasteiger charge is 2.18. The molecule has 26 heavy (non-hydrogen) atoms. The molecule has 3 aromatic heterocycles. The van der Waals surface area contributed by atoms with Gasteiger partial charge in [-0.25, -0.2) is 9.78 Å². The highest BCUT2D eigenvalue weighted by Crippen LogP contribution is 2.26. The second kappa shape index (κ2) is 7.97. The van der Waals surface area contributed by atoms with Crippen molar-refractivity contribution in [2.24, 2.45) is 0 Å². The van der Waals surface area contributed by atoms with Crippen LogP contribution in [0.4, 0.5) is 0 Å². The van der Waals surface area contributed by atoms with E-state index in [-0.39, 0.29) is 35.8 Å². The van der Waals surface area contributed by atoms with Crippen LogP contribution in [0.15, 0.2) is 47.2 Å². The molecule has 0 spiro atoms. The van der Waals surface area contributed by atoms with E-state index >= 15 is 0 Å². The second-order valence-electron chi connectivity index (χ2n) is 4.84. The Balaban J connectivity index is 1.79.